The van der Waals surface area contributed by atoms with Crippen molar-refractivity contribution in [2.75, 3.05) is 40.8 Å². The zero-order valence-electron chi connectivity index (χ0n) is 16.7. The second-order valence-corrected chi connectivity index (χ2v) is 9.68. The van der Waals surface area contributed by atoms with Gasteiger partial charge >= 0.3 is 0 Å². The Morgan fingerprint density at radius 3 is 2.04 bits per heavy atom. The molecule has 1 aliphatic heterocycles. The molecule has 150 valence electrons. The third-order valence-corrected chi connectivity index (χ3v) is 6.64. The van der Waals surface area contributed by atoms with Gasteiger partial charge in [0, 0.05) is 39.8 Å². The van der Waals surface area contributed by atoms with Crippen molar-refractivity contribution in [1.29, 1.82) is 0 Å². The topological polar surface area (TPSA) is 78.0 Å². The minimum Gasteiger partial charge on any atom is -0.347 e. The molecule has 0 aromatic heterocycles. The lowest BCUT2D eigenvalue weighted by Crippen LogP contribution is -2.42. The van der Waals surface area contributed by atoms with Crippen LogP contribution in [-0.4, -0.2) is 75.1 Å². The fourth-order valence-corrected chi connectivity index (χ4v) is 5.04. The van der Waals surface area contributed by atoms with Crippen LogP contribution in [0.5, 0.6) is 0 Å². The van der Waals surface area contributed by atoms with Gasteiger partial charge in [0.1, 0.15) is 0 Å². The minimum atomic E-state index is -3.57. The van der Waals surface area contributed by atoms with Gasteiger partial charge in [0.15, 0.2) is 0 Å². The molecule has 0 aliphatic carbocycles. The fraction of sp³-hybridized carbons (Fsp3) is 0.579. The van der Waals surface area contributed by atoms with Gasteiger partial charge in [0.25, 0.3) is 5.91 Å². The Balaban J connectivity index is 2.14. The number of carbonyl (C=O) groups excluding carboxylic acids is 2. The predicted octanol–water partition coefficient (Wildman–Crippen LogP) is 1.51. The maximum Gasteiger partial charge on any atom is 0.254 e. The van der Waals surface area contributed by atoms with E-state index < -0.39 is 10.0 Å². The number of rotatable bonds is 5. The van der Waals surface area contributed by atoms with Gasteiger partial charge in [-0.05, 0) is 42.5 Å². The van der Waals surface area contributed by atoms with E-state index in [2.05, 4.69) is 13.8 Å². The van der Waals surface area contributed by atoms with Crippen molar-refractivity contribution < 1.29 is 18.0 Å². The average molecular weight is 396 g/mol. The van der Waals surface area contributed by atoms with Crippen LogP contribution in [0.3, 0.4) is 0 Å². The van der Waals surface area contributed by atoms with Crippen molar-refractivity contribution in [3.05, 3.63) is 29.8 Å². The first-order valence-corrected chi connectivity index (χ1v) is 10.5. The summed E-state index contributed by atoms with van der Waals surface area (Å²) in [5.74, 6) is 0.146. The summed E-state index contributed by atoms with van der Waals surface area (Å²) in [5.41, 5.74) is 0.350. The molecule has 8 heteroatoms. The third kappa shape index (κ3) is 5.07. The largest absolute Gasteiger partial charge is 0.347 e. The van der Waals surface area contributed by atoms with E-state index in [1.807, 2.05) is 0 Å². The van der Waals surface area contributed by atoms with E-state index in [9.17, 15) is 18.0 Å². The molecule has 7 nitrogen and oxygen atoms in total. The molecule has 0 N–H and O–H groups in total. The summed E-state index contributed by atoms with van der Waals surface area (Å²) in [6.07, 6.45) is 1.03. The van der Waals surface area contributed by atoms with Gasteiger partial charge in [-0.15, -0.1) is 0 Å². The smallest absolute Gasteiger partial charge is 0.254 e. The van der Waals surface area contributed by atoms with Crippen molar-refractivity contribution >= 4 is 21.8 Å². The second kappa shape index (κ2) is 8.39. The highest BCUT2D eigenvalue weighted by Crippen LogP contribution is 2.26. The Morgan fingerprint density at radius 2 is 1.56 bits per heavy atom. The van der Waals surface area contributed by atoms with Crippen LogP contribution in [0.1, 0.15) is 30.6 Å². The van der Waals surface area contributed by atoms with E-state index >= 15 is 0 Å². The van der Waals surface area contributed by atoms with E-state index in [1.54, 1.807) is 21.1 Å². The predicted molar refractivity (Wildman–Crippen MR) is 104 cm³/mol. The maximum absolute atomic E-state index is 12.9. The number of benzene rings is 1. The molecule has 1 saturated heterocycles. The molecule has 1 fully saturated rings. The van der Waals surface area contributed by atoms with Crippen LogP contribution in [0.15, 0.2) is 29.2 Å². The van der Waals surface area contributed by atoms with Gasteiger partial charge < -0.3 is 9.80 Å². The molecule has 1 heterocycles. The molecule has 27 heavy (non-hydrogen) atoms. The zero-order chi connectivity index (χ0) is 20.4. The third-order valence-electron chi connectivity index (χ3n) is 4.79. The monoisotopic (exact) mass is 395 g/mol. The molecule has 0 unspecified atom stereocenters. The summed E-state index contributed by atoms with van der Waals surface area (Å²) in [6, 6.07) is 5.94. The first kappa shape index (κ1) is 21.4. The number of carbonyl (C=O) groups is 2. The van der Waals surface area contributed by atoms with E-state index in [4.69, 9.17) is 0 Å². The molecule has 0 radical (unpaired) electrons. The molecule has 1 aromatic rings. The highest BCUT2D eigenvalue weighted by molar-refractivity contribution is 7.89. The Bertz CT molecular complexity index is 780. The van der Waals surface area contributed by atoms with Gasteiger partial charge in [0.2, 0.25) is 15.9 Å². The molecule has 1 aromatic carbocycles. The summed E-state index contributed by atoms with van der Waals surface area (Å²) >= 11 is 0. The lowest BCUT2D eigenvalue weighted by atomic mass is 9.94. The lowest BCUT2D eigenvalue weighted by molar-refractivity contribution is -0.129. The van der Waals surface area contributed by atoms with E-state index in [-0.39, 0.29) is 23.3 Å². The highest BCUT2D eigenvalue weighted by atomic mass is 32.2. The molecule has 0 bridgehead atoms. The number of sulfonamides is 1. The summed E-state index contributed by atoms with van der Waals surface area (Å²) in [4.78, 5) is 27.1. The number of amides is 2. The first-order valence-electron chi connectivity index (χ1n) is 9.08. The number of nitrogens with zero attached hydrogens (tertiary/aromatic N) is 3. The van der Waals surface area contributed by atoms with Gasteiger partial charge in [0.05, 0.1) is 11.4 Å². The standard InChI is InChI=1S/C19H29N3O4S/c1-14-10-15(2)12-22(11-14)27(25,26)17-8-6-16(7-9-17)19(24)21(5)13-18(23)20(3)4/h6-9,14-15H,10-13H2,1-5H3/t14-,15-/m0/s1. The van der Waals surface area contributed by atoms with Crippen LogP contribution in [0, 0.1) is 11.8 Å². The summed E-state index contributed by atoms with van der Waals surface area (Å²) in [6.45, 7) is 5.12. The van der Waals surface area contributed by atoms with Crippen molar-refractivity contribution in [3.63, 3.8) is 0 Å². The van der Waals surface area contributed by atoms with Crippen LogP contribution in [0.25, 0.3) is 0 Å². The molecule has 1 aliphatic rings. The summed E-state index contributed by atoms with van der Waals surface area (Å²) in [7, 11) is 1.23. The maximum atomic E-state index is 12.9. The zero-order valence-corrected chi connectivity index (χ0v) is 17.5. The van der Waals surface area contributed by atoms with E-state index in [0.29, 0.717) is 30.5 Å². The lowest BCUT2D eigenvalue weighted by Gasteiger charge is -2.34. The van der Waals surface area contributed by atoms with Crippen LogP contribution >= 0.6 is 0 Å². The molecule has 0 saturated carbocycles. The summed E-state index contributed by atoms with van der Waals surface area (Å²) < 4.78 is 27.3. The quantitative estimate of drug-likeness (QED) is 0.757. The molecular weight excluding hydrogens is 366 g/mol. The second-order valence-electron chi connectivity index (χ2n) is 7.74. The van der Waals surface area contributed by atoms with E-state index in [0.717, 1.165) is 6.42 Å². The molecule has 0 spiro atoms. The summed E-state index contributed by atoms with van der Waals surface area (Å²) in [5, 5.41) is 0. The Morgan fingerprint density at radius 1 is 1.04 bits per heavy atom. The van der Waals surface area contributed by atoms with Crippen LogP contribution < -0.4 is 0 Å². The van der Waals surface area contributed by atoms with Crippen molar-refractivity contribution in [2.45, 2.75) is 25.2 Å². The number of hydrogen-bond acceptors (Lipinski definition) is 4. The van der Waals surface area contributed by atoms with Crippen LogP contribution in [0.2, 0.25) is 0 Å². The van der Waals surface area contributed by atoms with Crippen molar-refractivity contribution in [1.82, 2.24) is 14.1 Å². The van der Waals surface area contributed by atoms with Gasteiger partial charge in [-0.1, -0.05) is 13.8 Å². The number of likely N-dealkylation sites (N-methyl/N-ethyl adjacent to an activating group) is 2. The minimum absolute atomic E-state index is 0.0323. The van der Waals surface area contributed by atoms with Gasteiger partial charge in [-0.2, -0.15) is 4.31 Å². The van der Waals surface area contributed by atoms with E-state index in [1.165, 1.54) is 38.4 Å². The number of hydrogen-bond donors (Lipinski definition) is 0. The first-order chi connectivity index (χ1) is 12.5. The molecule has 2 rings (SSSR count). The average Bonchev–Trinajstić information content (AvgIpc) is 2.60. The van der Waals surface area contributed by atoms with Crippen molar-refractivity contribution in [3.8, 4) is 0 Å². The molecule has 2 amide bonds. The van der Waals surface area contributed by atoms with Crippen LogP contribution in [0.4, 0.5) is 0 Å². The molecular formula is C19H29N3O4S. The fourth-order valence-electron chi connectivity index (χ4n) is 3.36. The number of piperidine rings is 1. The Hall–Kier alpha value is -1.93. The SMILES string of the molecule is C[C@H]1C[C@H](C)CN(S(=O)(=O)c2ccc(C(=O)N(C)CC(=O)N(C)C)cc2)C1. The molecule has 2 atom stereocenters. The van der Waals surface area contributed by atoms with Crippen molar-refractivity contribution in [2.24, 2.45) is 11.8 Å². The highest BCUT2D eigenvalue weighted by Gasteiger charge is 2.31. The Kier molecular flexibility index (Phi) is 6.64. The Labute approximate surface area is 162 Å². The normalized spacial score (nSPS) is 20.9. The van der Waals surface area contributed by atoms with Gasteiger partial charge in [-0.3, -0.25) is 9.59 Å². The van der Waals surface area contributed by atoms with Gasteiger partial charge in [-0.25, -0.2) is 8.42 Å². The van der Waals surface area contributed by atoms with Crippen LogP contribution in [-0.2, 0) is 14.8 Å².